The number of aromatic nitrogens is 2. The zero-order valence-electron chi connectivity index (χ0n) is 12.9. The molecule has 1 aromatic heterocycles. The summed E-state index contributed by atoms with van der Waals surface area (Å²) in [6.07, 6.45) is 3.76. The van der Waals surface area contributed by atoms with Crippen LogP contribution in [0.15, 0.2) is 36.7 Å². The number of rotatable bonds is 4. The molecule has 0 saturated heterocycles. The molecule has 0 fully saturated rings. The topological polar surface area (TPSA) is 56.1 Å². The van der Waals surface area contributed by atoms with Gasteiger partial charge in [0.25, 0.3) is 5.91 Å². The van der Waals surface area contributed by atoms with Crippen LogP contribution in [-0.4, -0.2) is 27.8 Å². The maximum absolute atomic E-state index is 11.7. The van der Waals surface area contributed by atoms with Crippen molar-refractivity contribution in [2.75, 3.05) is 6.61 Å². The highest BCUT2D eigenvalue weighted by Gasteiger charge is 2.13. The van der Waals surface area contributed by atoms with Crippen LogP contribution in [0, 0.1) is 0 Å². The summed E-state index contributed by atoms with van der Waals surface area (Å²) in [6.45, 7) is 5.83. The van der Waals surface area contributed by atoms with Gasteiger partial charge in [0, 0.05) is 24.3 Å². The van der Waals surface area contributed by atoms with E-state index in [1.54, 1.807) is 4.68 Å². The average Bonchev–Trinajstić information content (AvgIpc) is 2.82. The number of nitrogens with zero attached hydrogens (tertiary/aromatic N) is 2. The quantitative estimate of drug-likeness (QED) is 0.939. The molecule has 0 saturated carbocycles. The van der Waals surface area contributed by atoms with Crippen molar-refractivity contribution >= 4 is 5.91 Å². The van der Waals surface area contributed by atoms with Gasteiger partial charge in [0.05, 0.1) is 6.20 Å². The predicted octanol–water partition coefficient (Wildman–Crippen LogP) is 2.38. The van der Waals surface area contributed by atoms with E-state index in [2.05, 4.69) is 10.4 Å². The van der Waals surface area contributed by atoms with E-state index in [0.29, 0.717) is 5.75 Å². The summed E-state index contributed by atoms with van der Waals surface area (Å²) in [7, 11) is 1.88. The molecule has 0 bridgehead atoms. The fourth-order valence-corrected chi connectivity index (χ4v) is 1.92. The molecule has 0 radical (unpaired) electrons. The molecule has 0 unspecified atom stereocenters. The Kier molecular flexibility index (Phi) is 4.31. The van der Waals surface area contributed by atoms with Crippen molar-refractivity contribution in [2.24, 2.45) is 7.05 Å². The highest BCUT2D eigenvalue weighted by atomic mass is 16.5. The van der Waals surface area contributed by atoms with Gasteiger partial charge < -0.3 is 10.1 Å². The molecule has 2 aromatic rings. The van der Waals surface area contributed by atoms with Gasteiger partial charge >= 0.3 is 0 Å². The van der Waals surface area contributed by atoms with E-state index in [4.69, 9.17) is 4.74 Å². The van der Waals surface area contributed by atoms with Gasteiger partial charge in [0.2, 0.25) is 0 Å². The molecule has 112 valence electrons. The molecule has 1 aromatic carbocycles. The summed E-state index contributed by atoms with van der Waals surface area (Å²) in [5, 5.41) is 7.00. The van der Waals surface area contributed by atoms with Crippen LogP contribution >= 0.6 is 0 Å². The minimum atomic E-state index is -0.245. The molecule has 0 aliphatic rings. The Labute approximate surface area is 124 Å². The number of carbonyl (C=O) groups is 1. The van der Waals surface area contributed by atoms with Gasteiger partial charge in [-0.05, 0) is 38.5 Å². The predicted molar refractivity (Wildman–Crippen MR) is 82.0 cm³/mol. The van der Waals surface area contributed by atoms with Gasteiger partial charge in [-0.25, -0.2) is 0 Å². The smallest absolute Gasteiger partial charge is 0.258 e. The van der Waals surface area contributed by atoms with E-state index in [1.807, 2.05) is 64.5 Å². The lowest BCUT2D eigenvalue weighted by atomic mass is 10.1. The molecule has 1 heterocycles. The standard InChI is InChI=1S/C16H21N3O2/c1-16(2,3)18-15(20)11-21-14-7-5-12(6-8-14)13-9-17-19(4)10-13/h5-10H,11H2,1-4H3,(H,18,20). The van der Waals surface area contributed by atoms with E-state index in [9.17, 15) is 4.79 Å². The number of benzene rings is 1. The first-order chi connectivity index (χ1) is 9.83. The molecular formula is C16H21N3O2. The summed E-state index contributed by atoms with van der Waals surface area (Å²) >= 11 is 0. The van der Waals surface area contributed by atoms with Gasteiger partial charge in [0.15, 0.2) is 6.61 Å². The van der Waals surface area contributed by atoms with E-state index < -0.39 is 0 Å². The molecule has 2 rings (SSSR count). The highest BCUT2D eigenvalue weighted by molar-refractivity contribution is 5.78. The van der Waals surface area contributed by atoms with Gasteiger partial charge in [-0.1, -0.05) is 12.1 Å². The number of carbonyl (C=O) groups excluding carboxylic acids is 1. The van der Waals surface area contributed by atoms with Crippen LogP contribution in [0.4, 0.5) is 0 Å². The largest absolute Gasteiger partial charge is 0.484 e. The van der Waals surface area contributed by atoms with Crippen molar-refractivity contribution in [3.63, 3.8) is 0 Å². The SMILES string of the molecule is Cn1cc(-c2ccc(OCC(=O)NC(C)(C)C)cc2)cn1. The van der Waals surface area contributed by atoms with Crippen LogP contribution in [0.25, 0.3) is 11.1 Å². The van der Waals surface area contributed by atoms with E-state index >= 15 is 0 Å². The summed E-state index contributed by atoms with van der Waals surface area (Å²) in [5.41, 5.74) is 1.87. The summed E-state index contributed by atoms with van der Waals surface area (Å²) in [4.78, 5) is 11.7. The molecule has 1 amide bonds. The fraction of sp³-hybridized carbons (Fsp3) is 0.375. The van der Waals surface area contributed by atoms with Gasteiger partial charge in [-0.3, -0.25) is 9.48 Å². The van der Waals surface area contributed by atoms with Crippen molar-refractivity contribution in [3.05, 3.63) is 36.7 Å². The maximum atomic E-state index is 11.7. The summed E-state index contributed by atoms with van der Waals surface area (Å²) in [5.74, 6) is 0.547. The number of ether oxygens (including phenoxy) is 1. The molecule has 5 heteroatoms. The van der Waals surface area contributed by atoms with Gasteiger partial charge in [-0.15, -0.1) is 0 Å². The average molecular weight is 287 g/mol. The Morgan fingerprint density at radius 2 is 1.90 bits per heavy atom. The van der Waals surface area contributed by atoms with Crippen molar-refractivity contribution in [3.8, 4) is 16.9 Å². The Morgan fingerprint density at radius 1 is 1.24 bits per heavy atom. The second kappa shape index (κ2) is 5.99. The lowest BCUT2D eigenvalue weighted by Crippen LogP contribution is -2.43. The van der Waals surface area contributed by atoms with E-state index in [1.165, 1.54) is 0 Å². The third kappa shape index (κ3) is 4.63. The zero-order chi connectivity index (χ0) is 15.5. The zero-order valence-corrected chi connectivity index (χ0v) is 12.9. The Bertz CT molecular complexity index is 609. The number of amides is 1. The minimum Gasteiger partial charge on any atom is -0.484 e. The van der Waals surface area contributed by atoms with Crippen LogP contribution in [0.5, 0.6) is 5.75 Å². The minimum absolute atomic E-state index is 0.0174. The Morgan fingerprint density at radius 3 is 2.43 bits per heavy atom. The maximum Gasteiger partial charge on any atom is 0.258 e. The molecule has 5 nitrogen and oxygen atoms in total. The first-order valence-electron chi connectivity index (χ1n) is 6.86. The monoisotopic (exact) mass is 287 g/mol. The number of nitrogens with one attached hydrogen (secondary N) is 1. The lowest BCUT2D eigenvalue weighted by molar-refractivity contribution is -0.124. The molecule has 0 atom stereocenters. The second-order valence-corrected chi connectivity index (χ2v) is 6.01. The third-order valence-electron chi connectivity index (χ3n) is 2.78. The molecular weight excluding hydrogens is 266 g/mol. The fourth-order valence-electron chi connectivity index (χ4n) is 1.92. The van der Waals surface area contributed by atoms with Gasteiger partial charge in [0.1, 0.15) is 5.75 Å². The number of aryl methyl sites for hydroxylation is 1. The highest BCUT2D eigenvalue weighted by Crippen LogP contribution is 2.21. The summed E-state index contributed by atoms with van der Waals surface area (Å²) in [6, 6.07) is 7.61. The normalized spacial score (nSPS) is 11.2. The van der Waals surface area contributed by atoms with E-state index in [-0.39, 0.29) is 18.1 Å². The van der Waals surface area contributed by atoms with Gasteiger partial charge in [-0.2, -0.15) is 5.10 Å². The van der Waals surface area contributed by atoms with Crippen LogP contribution in [0.3, 0.4) is 0 Å². The number of hydrogen-bond donors (Lipinski definition) is 1. The Balaban J connectivity index is 1.92. The van der Waals surface area contributed by atoms with E-state index in [0.717, 1.165) is 11.1 Å². The molecule has 0 spiro atoms. The molecule has 21 heavy (non-hydrogen) atoms. The molecule has 1 N–H and O–H groups in total. The number of hydrogen-bond acceptors (Lipinski definition) is 3. The Hall–Kier alpha value is -2.30. The third-order valence-corrected chi connectivity index (χ3v) is 2.78. The first kappa shape index (κ1) is 15.1. The van der Waals surface area contributed by atoms with Crippen molar-refractivity contribution in [2.45, 2.75) is 26.3 Å². The molecule has 0 aliphatic heterocycles. The first-order valence-corrected chi connectivity index (χ1v) is 6.86. The summed E-state index contributed by atoms with van der Waals surface area (Å²) < 4.78 is 7.24. The van der Waals surface area contributed by atoms with Crippen LogP contribution in [0.2, 0.25) is 0 Å². The van der Waals surface area contributed by atoms with Crippen LogP contribution in [-0.2, 0) is 11.8 Å². The molecule has 0 aliphatic carbocycles. The second-order valence-electron chi connectivity index (χ2n) is 6.01. The van der Waals surface area contributed by atoms with Crippen LogP contribution in [0.1, 0.15) is 20.8 Å². The lowest BCUT2D eigenvalue weighted by Gasteiger charge is -2.20. The van der Waals surface area contributed by atoms with Crippen molar-refractivity contribution in [1.82, 2.24) is 15.1 Å². The van der Waals surface area contributed by atoms with Crippen molar-refractivity contribution < 1.29 is 9.53 Å². The van der Waals surface area contributed by atoms with Crippen molar-refractivity contribution in [1.29, 1.82) is 0 Å². The van der Waals surface area contributed by atoms with Crippen LogP contribution < -0.4 is 10.1 Å².